The molecule has 2 aromatic heterocycles. The van der Waals surface area contributed by atoms with Gasteiger partial charge in [-0.1, -0.05) is 19.6 Å². The van der Waals surface area contributed by atoms with E-state index in [9.17, 15) is 4.79 Å². The van der Waals surface area contributed by atoms with E-state index in [0.717, 1.165) is 42.3 Å². The number of aromatic nitrogens is 4. The zero-order valence-corrected chi connectivity index (χ0v) is 20.6. The summed E-state index contributed by atoms with van der Waals surface area (Å²) in [6, 6.07) is 1.21. The van der Waals surface area contributed by atoms with E-state index in [2.05, 4.69) is 40.0 Å². The van der Waals surface area contributed by atoms with E-state index in [0.29, 0.717) is 19.8 Å². The predicted octanol–water partition coefficient (Wildman–Crippen LogP) is 3.95. The summed E-state index contributed by atoms with van der Waals surface area (Å²) in [7, 11) is -1.12. The Morgan fingerprint density at radius 1 is 1.29 bits per heavy atom. The van der Waals surface area contributed by atoms with Crippen LogP contribution in [0.1, 0.15) is 33.6 Å². The number of nitrogens with zero attached hydrogens (tertiary/aromatic N) is 5. The fourth-order valence-electron chi connectivity index (χ4n) is 3.41. The summed E-state index contributed by atoms with van der Waals surface area (Å²) in [6.45, 7) is 15.0. The van der Waals surface area contributed by atoms with Gasteiger partial charge in [-0.3, -0.25) is 0 Å². The van der Waals surface area contributed by atoms with Crippen molar-refractivity contribution in [3.8, 4) is 0 Å². The number of piperidine rings is 1. The summed E-state index contributed by atoms with van der Waals surface area (Å²) in [5.74, 6) is 0.731. The van der Waals surface area contributed by atoms with Crippen LogP contribution in [-0.2, 0) is 16.2 Å². The molecular weight excluding hydrogens is 412 g/mol. The van der Waals surface area contributed by atoms with Crippen molar-refractivity contribution in [3.05, 3.63) is 12.5 Å². The van der Waals surface area contributed by atoms with Crippen LogP contribution in [0.4, 0.5) is 10.6 Å². The molecule has 1 saturated heterocycles. The van der Waals surface area contributed by atoms with Crippen LogP contribution in [0.2, 0.25) is 25.7 Å². The summed E-state index contributed by atoms with van der Waals surface area (Å²) >= 11 is 0. The van der Waals surface area contributed by atoms with Crippen molar-refractivity contribution in [2.75, 3.05) is 25.0 Å². The molecule has 0 aromatic carbocycles. The van der Waals surface area contributed by atoms with Crippen molar-refractivity contribution in [3.63, 3.8) is 0 Å². The zero-order chi connectivity index (χ0) is 22.6. The Balaban J connectivity index is 1.63. The number of ether oxygens (including phenoxy) is 2. The van der Waals surface area contributed by atoms with Gasteiger partial charge in [-0.15, -0.1) is 0 Å². The number of likely N-dealkylation sites (tertiary alicyclic amines) is 1. The minimum Gasteiger partial charge on any atom is -0.444 e. The van der Waals surface area contributed by atoms with Crippen LogP contribution in [0.3, 0.4) is 0 Å². The third-order valence-electron chi connectivity index (χ3n) is 5.06. The summed E-state index contributed by atoms with van der Waals surface area (Å²) in [4.78, 5) is 23.0. The Hall–Kier alpha value is -2.20. The van der Waals surface area contributed by atoms with Gasteiger partial charge < -0.3 is 19.7 Å². The van der Waals surface area contributed by atoms with Gasteiger partial charge in [0.05, 0.1) is 11.6 Å². The molecule has 31 heavy (non-hydrogen) atoms. The lowest BCUT2D eigenvalue weighted by molar-refractivity contribution is 0.0206. The van der Waals surface area contributed by atoms with Crippen LogP contribution < -0.4 is 5.32 Å². The summed E-state index contributed by atoms with van der Waals surface area (Å²) in [5.41, 5.74) is 0.243. The average Bonchev–Trinajstić information content (AvgIpc) is 3.08. The lowest BCUT2D eigenvalue weighted by atomic mass is 10.1. The Bertz CT molecular complexity index is 889. The first-order valence-corrected chi connectivity index (χ1v) is 14.7. The molecule has 172 valence electrons. The molecule has 0 aliphatic carbocycles. The Morgan fingerprint density at radius 3 is 2.77 bits per heavy atom. The van der Waals surface area contributed by atoms with Crippen molar-refractivity contribution in [2.45, 2.75) is 77.7 Å². The second-order valence-corrected chi connectivity index (χ2v) is 16.0. The van der Waals surface area contributed by atoms with E-state index >= 15 is 0 Å². The Labute approximate surface area is 185 Å². The number of carbonyl (C=O) groups excluding carboxylic acids is 1. The highest BCUT2D eigenvalue weighted by atomic mass is 28.3. The van der Waals surface area contributed by atoms with Crippen LogP contribution in [0, 0.1) is 0 Å². The van der Waals surface area contributed by atoms with Crippen molar-refractivity contribution in [2.24, 2.45) is 0 Å². The highest BCUT2D eigenvalue weighted by Gasteiger charge is 2.28. The highest BCUT2D eigenvalue weighted by molar-refractivity contribution is 6.76. The maximum Gasteiger partial charge on any atom is 0.410 e. The molecule has 0 saturated carbocycles. The predicted molar refractivity (Wildman–Crippen MR) is 124 cm³/mol. The van der Waals surface area contributed by atoms with E-state index in [-0.39, 0.29) is 12.1 Å². The van der Waals surface area contributed by atoms with Crippen molar-refractivity contribution >= 4 is 31.0 Å². The van der Waals surface area contributed by atoms with Crippen LogP contribution in [0.15, 0.2) is 12.5 Å². The molecule has 1 aliphatic heterocycles. The van der Waals surface area contributed by atoms with Crippen molar-refractivity contribution in [1.29, 1.82) is 0 Å². The fraction of sp³-hybridized carbons (Fsp3) is 0.714. The van der Waals surface area contributed by atoms with Gasteiger partial charge in [0.1, 0.15) is 24.5 Å². The van der Waals surface area contributed by atoms with E-state index in [1.165, 1.54) is 0 Å². The van der Waals surface area contributed by atoms with Gasteiger partial charge in [0, 0.05) is 33.8 Å². The van der Waals surface area contributed by atoms with Crippen LogP contribution >= 0.6 is 0 Å². The first-order valence-electron chi connectivity index (χ1n) is 11.0. The first-order chi connectivity index (χ1) is 14.5. The number of hydrogen-bond donors (Lipinski definition) is 1. The monoisotopic (exact) mass is 448 g/mol. The Kier molecular flexibility index (Phi) is 7.20. The van der Waals surface area contributed by atoms with Gasteiger partial charge in [-0.25, -0.2) is 19.4 Å². The molecule has 1 amide bonds. The summed E-state index contributed by atoms with van der Waals surface area (Å²) < 4.78 is 13.1. The Morgan fingerprint density at radius 2 is 2.06 bits per heavy atom. The molecule has 0 radical (unpaired) electrons. The normalized spacial score (nSPS) is 17.7. The maximum atomic E-state index is 12.4. The van der Waals surface area contributed by atoms with Crippen molar-refractivity contribution < 1.29 is 14.3 Å². The van der Waals surface area contributed by atoms with E-state index < -0.39 is 13.7 Å². The highest BCUT2D eigenvalue weighted by Crippen LogP contribution is 2.23. The molecule has 3 heterocycles. The largest absolute Gasteiger partial charge is 0.444 e. The van der Waals surface area contributed by atoms with Crippen LogP contribution in [0.25, 0.3) is 11.0 Å². The molecule has 0 spiro atoms. The number of fused-ring (bicyclic) bond motifs is 1. The lowest BCUT2D eigenvalue weighted by Gasteiger charge is -2.34. The molecule has 1 N–H and O–H groups in total. The number of amides is 1. The second kappa shape index (κ2) is 9.52. The minimum atomic E-state index is -1.12. The van der Waals surface area contributed by atoms with Gasteiger partial charge in [-0.2, -0.15) is 5.10 Å². The van der Waals surface area contributed by atoms with Gasteiger partial charge in [0.25, 0.3) is 0 Å². The second-order valence-electron chi connectivity index (χ2n) is 10.4. The quantitative estimate of drug-likeness (QED) is 0.506. The molecule has 2 aromatic rings. The minimum absolute atomic E-state index is 0.0933. The van der Waals surface area contributed by atoms with Gasteiger partial charge in [0.2, 0.25) is 0 Å². The van der Waals surface area contributed by atoms with Gasteiger partial charge in [-0.05, 0) is 39.7 Å². The number of rotatable bonds is 7. The molecule has 10 heteroatoms. The lowest BCUT2D eigenvalue weighted by Crippen LogP contribution is -2.47. The van der Waals surface area contributed by atoms with E-state index in [1.54, 1.807) is 22.1 Å². The van der Waals surface area contributed by atoms with Crippen LogP contribution in [0.5, 0.6) is 0 Å². The first kappa shape index (κ1) is 23.5. The molecule has 0 bridgehead atoms. The SMILES string of the molecule is CC(C)(C)OC(=O)N1CCCC(Nc2ncnc3c2cnn3COCC[Si](C)(C)C)C1. The molecule has 9 nitrogen and oxygen atoms in total. The molecule has 3 rings (SSSR count). The van der Waals surface area contributed by atoms with E-state index in [1.807, 2.05) is 20.8 Å². The van der Waals surface area contributed by atoms with Crippen molar-refractivity contribution in [1.82, 2.24) is 24.6 Å². The number of nitrogens with one attached hydrogen (secondary N) is 1. The zero-order valence-electron chi connectivity index (χ0n) is 19.6. The number of hydrogen-bond acceptors (Lipinski definition) is 7. The van der Waals surface area contributed by atoms with E-state index in [4.69, 9.17) is 9.47 Å². The fourth-order valence-corrected chi connectivity index (χ4v) is 4.17. The van der Waals surface area contributed by atoms with Crippen LogP contribution in [-0.4, -0.2) is 70.2 Å². The third-order valence-corrected chi connectivity index (χ3v) is 6.76. The number of anilines is 1. The standard InChI is InChI=1S/C21H36N6O3Si/c1-21(2,3)30-20(28)26-9-7-8-16(13-26)25-18-17-12-24-27(19(17)23-14-22-18)15-29-10-11-31(4,5)6/h12,14,16H,7-11,13,15H2,1-6H3,(H,22,23,25). The maximum absolute atomic E-state index is 12.4. The topological polar surface area (TPSA) is 94.4 Å². The molecule has 1 unspecified atom stereocenters. The van der Waals surface area contributed by atoms with Gasteiger partial charge in [0.15, 0.2) is 5.65 Å². The molecule has 1 fully saturated rings. The molecule has 1 aliphatic rings. The third kappa shape index (κ3) is 6.89. The molecular formula is C21H36N6O3Si. The summed E-state index contributed by atoms with van der Waals surface area (Å²) in [5, 5.41) is 8.78. The van der Waals surface area contributed by atoms with Gasteiger partial charge >= 0.3 is 6.09 Å². The smallest absolute Gasteiger partial charge is 0.410 e. The number of carbonyl (C=O) groups is 1. The molecule has 1 atom stereocenters. The summed E-state index contributed by atoms with van der Waals surface area (Å²) in [6.07, 6.45) is 4.91. The average molecular weight is 449 g/mol.